The molecule has 0 amide bonds. The van der Waals surface area contributed by atoms with Crippen molar-refractivity contribution in [1.82, 2.24) is 15.0 Å². The summed E-state index contributed by atoms with van der Waals surface area (Å²) in [6.07, 6.45) is -0.0224. The van der Waals surface area contributed by atoms with E-state index in [9.17, 15) is 4.39 Å². The first-order valence-electron chi connectivity index (χ1n) is 6.10. The molecule has 5 nitrogen and oxygen atoms in total. The van der Waals surface area contributed by atoms with Crippen LogP contribution in [0, 0.1) is 5.82 Å². The van der Waals surface area contributed by atoms with Crippen LogP contribution in [0.2, 0.25) is 0 Å². The molecule has 0 aliphatic heterocycles. The fraction of sp³-hybridized carbons (Fsp3) is 0.308. The summed E-state index contributed by atoms with van der Waals surface area (Å²) < 4.78 is 18.3. The van der Waals surface area contributed by atoms with Crippen LogP contribution >= 0.6 is 11.8 Å². The first-order valence-corrected chi connectivity index (χ1v) is 6.92. The molecule has 0 bridgehead atoms. The van der Waals surface area contributed by atoms with Crippen LogP contribution in [-0.2, 0) is 0 Å². The Hall–Kier alpha value is -1.89. The molecule has 2 rings (SSSR count). The van der Waals surface area contributed by atoms with E-state index in [1.807, 2.05) is 13.8 Å². The lowest BCUT2D eigenvalue weighted by atomic mass is 10.4. The fourth-order valence-electron chi connectivity index (χ4n) is 1.37. The van der Waals surface area contributed by atoms with Gasteiger partial charge in [0.05, 0.1) is 6.10 Å². The Kier molecular flexibility index (Phi) is 4.73. The van der Waals surface area contributed by atoms with Crippen LogP contribution in [0.1, 0.15) is 13.8 Å². The zero-order valence-electron chi connectivity index (χ0n) is 11.4. The van der Waals surface area contributed by atoms with E-state index in [1.54, 1.807) is 19.2 Å². The van der Waals surface area contributed by atoms with Crippen molar-refractivity contribution >= 4 is 17.7 Å². The van der Waals surface area contributed by atoms with Crippen molar-refractivity contribution in [2.45, 2.75) is 30.0 Å². The summed E-state index contributed by atoms with van der Waals surface area (Å²) in [5, 5.41) is 3.35. The van der Waals surface area contributed by atoms with E-state index < -0.39 is 0 Å². The molecule has 0 aliphatic carbocycles. The van der Waals surface area contributed by atoms with Crippen LogP contribution < -0.4 is 10.1 Å². The van der Waals surface area contributed by atoms with Crippen LogP contribution in [0.5, 0.6) is 6.01 Å². The smallest absolute Gasteiger partial charge is 0.322 e. The van der Waals surface area contributed by atoms with E-state index in [1.165, 1.54) is 23.9 Å². The van der Waals surface area contributed by atoms with Gasteiger partial charge in [-0.2, -0.15) is 15.0 Å². The third kappa shape index (κ3) is 4.06. The Morgan fingerprint density at radius 3 is 2.45 bits per heavy atom. The molecule has 0 atom stereocenters. The number of rotatable bonds is 5. The Bertz CT molecular complexity index is 577. The van der Waals surface area contributed by atoms with Gasteiger partial charge < -0.3 is 10.1 Å². The van der Waals surface area contributed by atoms with E-state index in [4.69, 9.17) is 4.74 Å². The van der Waals surface area contributed by atoms with Gasteiger partial charge in [-0.25, -0.2) is 4.39 Å². The fourth-order valence-corrected chi connectivity index (χ4v) is 2.11. The molecule has 0 radical (unpaired) electrons. The number of benzene rings is 1. The topological polar surface area (TPSA) is 59.9 Å². The summed E-state index contributed by atoms with van der Waals surface area (Å²) in [7, 11) is 1.72. The van der Waals surface area contributed by atoms with Crippen molar-refractivity contribution < 1.29 is 9.13 Å². The Balaban J connectivity index is 2.23. The molecule has 0 saturated heterocycles. The average molecular weight is 294 g/mol. The molecule has 0 fully saturated rings. The van der Waals surface area contributed by atoms with Crippen LogP contribution in [0.25, 0.3) is 0 Å². The minimum Gasteiger partial charge on any atom is -0.461 e. The Labute approximate surface area is 121 Å². The molecule has 7 heteroatoms. The Morgan fingerprint density at radius 2 is 1.85 bits per heavy atom. The summed E-state index contributed by atoms with van der Waals surface area (Å²) in [5.41, 5.74) is 0. The number of ether oxygens (including phenoxy) is 1. The SMILES string of the molecule is CNc1nc(OC(C)C)nc(Sc2ccc(F)cc2)n1. The van der Waals surface area contributed by atoms with Crippen LogP contribution in [0.4, 0.5) is 10.3 Å². The summed E-state index contributed by atoms with van der Waals surface area (Å²) in [6, 6.07) is 6.41. The molecule has 106 valence electrons. The maximum Gasteiger partial charge on any atom is 0.322 e. The zero-order valence-corrected chi connectivity index (χ0v) is 12.2. The molecular weight excluding hydrogens is 279 g/mol. The highest BCUT2D eigenvalue weighted by atomic mass is 32.2. The second kappa shape index (κ2) is 6.51. The third-order valence-electron chi connectivity index (χ3n) is 2.18. The molecule has 0 unspecified atom stereocenters. The van der Waals surface area contributed by atoms with Gasteiger partial charge in [0.25, 0.3) is 0 Å². The number of halogens is 1. The van der Waals surface area contributed by atoms with E-state index in [0.29, 0.717) is 11.1 Å². The van der Waals surface area contributed by atoms with Crippen LogP contribution in [-0.4, -0.2) is 28.1 Å². The first-order chi connectivity index (χ1) is 9.56. The lowest BCUT2D eigenvalue weighted by molar-refractivity contribution is 0.219. The van der Waals surface area contributed by atoms with Crippen molar-refractivity contribution in [3.05, 3.63) is 30.1 Å². The average Bonchev–Trinajstić information content (AvgIpc) is 2.40. The molecule has 1 aromatic heterocycles. The molecule has 2 aromatic rings. The predicted molar refractivity (Wildman–Crippen MR) is 75.7 cm³/mol. The van der Waals surface area contributed by atoms with Gasteiger partial charge in [-0.15, -0.1) is 0 Å². The van der Waals surface area contributed by atoms with Gasteiger partial charge in [-0.05, 0) is 49.9 Å². The van der Waals surface area contributed by atoms with Crippen molar-refractivity contribution in [3.8, 4) is 6.01 Å². The van der Waals surface area contributed by atoms with Crippen molar-refractivity contribution in [3.63, 3.8) is 0 Å². The van der Waals surface area contributed by atoms with Gasteiger partial charge in [0.1, 0.15) is 5.82 Å². The maximum absolute atomic E-state index is 12.9. The third-order valence-corrected chi connectivity index (χ3v) is 3.05. The zero-order chi connectivity index (χ0) is 14.5. The van der Waals surface area contributed by atoms with Crippen LogP contribution in [0.3, 0.4) is 0 Å². The first kappa shape index (κ1) is 14.5. The van der Waals surface area contributed by atoms with Crippen molar-refractivity contribution in [2.75, 3.05) is 12.4 Å². The minimum absolute atomic E-state index is 0.0224. The van der Waals surface area contributed by atoms with E-state index in [0.717, 1.165) is 4.90 Å². The monoisotopic (exact) mass is 294 g/mol. The van der Waals surface area contributed by atoms with Gasteiger partial charge in [0.15, 0.2) is 0 Å². The second-order valence-corrected chi connectivity index (χ2v) is 5.24. The van der Waals surface area contributed by atoms with Gasteiger partial charge in [-0.3, -0.25) is 0 Å². The molecular formula is C13H15FN4OS. The molecule has 0 aliphatic rings. The summed E-state index contributed by atoms with van der Waals surface area (Å²) in [6.45, 7) is 3.80. The van der Waals surface area contributed by atoms with Crippen molar-refractivity contribution in [1.29, 1.82) is 0 Å². The van der Waals surface area contributed by atoms with E-state index >= 15 is 0 Å². The molecule has 0 saturated carbocycles. The van der Waals surface area contributed by atoms with Gasteiger partial charge in [-0.1, -0.05) is 0 Å². The normalized spacial score (nSPS) is 10.7. The summed E-state index contributed by atoms with van der Waals surface area (Å²) in [4.78, 5) is 13.4. The highest BCUT2D eigenvalue weighted by molar-refractivity contribution is 7.99. The quantitative estimate of drug-likeness (QED) is 0.914. The van der Waals surface area contributed by atoms with Gasteiger partial charge >= 0.3 is 6.01 Å². The molecule has 1 N–H and O–H groups in total. The molecule has 20 heavy (non-hydrogen) atoms. The summed E-state index contributed by atoms with van der Waals surface area (Å²) >= 11 is 1.32. The highest BCUT2D eigenvalue weighted by Gasteiger charge is 2.09. The second-order valence-electron chi connectivity index (χ2n) is 4.20. The number of nitrogens with zero attached hydrogens (tertiary/aromatic N) is 3. The standard InChI is InChI=1S/C13H15FN4OS/c1-8(2)19-12-16-11(15-3)17-13(18-12)20-10-6-4-9(14)5-7-10/h4-8H,1-3H3,(H,15,16,17,18). The minimum atomic E-state index is -0.273. The molecule has 1 aromatic carbocycles. The summed E-state index contributed by atoms with van der Waals surface area (Å²) in [5.74, 6) is 0.157. The number of aromatic nitrogens is 3. The number of hydrogen-bond acceptors (Lipinski definition) is 6. The van der Waals surface area contributed by atoms with Crippen molar-refractivity contribution in [2.24, 2.45) is 0 Å². The predicted octanol–water partition coefficient (Wildman–Crippen LogP) is 2.99. The molecule has 1 heterocycles. The van der Waals surface area contributed by atoms with E-state index in [-0.39, 0.29) is 17.9 Å². The van der Waals surface area contributed by atoms with E-state index in [2.05, 4.69) is 20.3 Å². The largest absolute Gasteiger partial charge is 0.461 e. The lowest BCUT2D eigenvalue weighted by Gasteiger charge is -2.09. The van der Waals surface area contributed by atoms with Gasteiger partial charge in [0, 0.05) is 11.9 Å². The number of nitrogens with one attached hydrogen (secondary N) is 1. The Morgan fingerprint density at radius 1 is 1.15 bits per heavy atom. The molecule has 0 spiro atoms. The number of anilines is 1. The van der Waals surface area contributed by atoms with Gasteiger partial charge in [0.2, 0.25) is 11.1 Å². The highest BCUT2D eigenvalue weighted by Crippen LogP contribution is 2.26. The van der Waals surface area contributed by atoms with Crippen LogP contribution in [0.15, 0.2) is 34.3 Å². The number of hydrogen-bond donors (Lipinski definition) is 1. The maximum atomic E-state index is 12.9. The lowest BCUT2D eigenvalue weighted by Crippen LogP contribution is -2.10.